The number of fused-ring (bicyclic) bond motifs is 1. The third-order valence-corrected chi connectivity index (χ3v) is 6.66. The lowest BCUT2D eigenvalue weighted by Crippen LogP contribution is -2.87. The normalized spacial score (nSPS) is 25.8. The van der Waals surface area contributed by atoms with Gasteiger partial charge in [0, 0.05) is 62.2 Å². The van der Waals surface area contributed by atoms with E-state index in [-0.39, 0.29) is 24.1 Å². The molecule has 0 aromatic heterocycles. The number of carbonyl (C=O) groups excluding carboxylic acids is 3. The second-order valence-electron chi connectivity index (χ2n) is 8.65. The number of benzene rings is 1. The Hall–Kier alpha value is -2.45. The average molecular weight is 398 g/mol. The Balaban J connectivity index is 1.21. The molecule has 0 spiro atoms. The number of nitrogens with zero attached hydrogens (tertiary/aromatic N) is 2. The van der Waals surface area contributed by atoms with E-state index in [9.17, 15) is 14.4 Å². The van der Waals surface area contributed by atoms with Crippen molar-refractivity contribution in [3.05, 3.63) is 29.3 Å². The number of anilines is 1. The van der Waals surface area contributed by atoms with Crippen LogP contribution >= 0.6 is 0 Å². The van der Waals surface area contributed by atoms with Crippen molar-refractivity contribution in [3.63, 3.8) is 0 Å². The van der Waals surface area contributed by atoms with E-state index in [1.165, 1.54) is 25.9 Å². The molecule has 1 atom stereocenters. The molecule has 1 aromatic carbocycles. The van der Waals surface area contributed by atoms with Crippen LogP contribution in [-0.2, 0) is 16.1 Å². The maximum Gasteiger partial charge on any atom is 0.255 e. The van der Waals surface area contributed by atoms with Gasteiger partial charge in [-0.2, -0.15) is 0 Å². The van der Waals surface area contributed by atoms with Crippen molar-refractivity contribution in [2.45, 2.75) is 50.4 Å². The van der Waals surface area contributed by atoms with E-state index in [1.807, 2.05) is 12.1 Å². The predicted molar refractivity (Wildman–Crippen MR) is 106 cm³/mol. The Morgan fingerprint density at radius 2 is 1.83 bits per heavy atom. The van der Waals surface area contributed by atoms with Gasteiger partial charge in [0.1, 0.15) is 6.04 Å². The van der Waals surface area contributed by atoms with Crippen molar-refractivity contribution >= 4 is 23.4 Å². The Labute approximate surface area is 170 Å². The number of amides is 3. The standard InChI is InChI=1S/C21H27N5O3/c27-19-4-3-18(20(28)24-19)26-10-13-9-16(1-2-17(13)21(26)29)25-11-15(12-25)23-14-5-7-22-8-6-14/h1-2,9,14-15,18,22-23H,3-8,10-12H2,(H,24,27,28)/p+1. The number of piperidine rings is 2. The first-order chi connectivity index (χ1) is 14.1. The molecule has 0 aliphatic carbocycles. The minimum Gasteiger partial charge on any atom is -0.368 e. The smallest absolute Gasteiger partial charge is 0.255 e. The van der Waals surface area contributed by atoms with Crippen LogP contribution < -0.4 is 20.9 Å². The first kappa shape index (κ1) is 18.6. The van der Waals surface area contributed by atoms with Gasteiger partial charge < -0.3 is 20.4 Å². The second kappa shape index (κ2) is 7.42. The highest BCUT2D eigenvalue weighted by atomic mass is 16.2. The number of carbonyl (C=O) groups is 3. The largest absolute Gasteiger partial charge is 0.368 e. The molecule has 3 fully saturated rings. The summed E-state index contributed by atoms with van der Waals surface area (Å²) in [6.45, 7) is 4.85. The summed E-state index contributed by atoms with van der Waals surface area (Å²) in [6.07, 6.45) is 3.17. The molecule has 8 nitrogen and oxygen atoms in total. The number of imide groups is 1. The third-order valence-electron chi connectivity index (χ3n) is 6.66. The number of quaternary nitrogens is 1. The van der Waals surface area contributed by atoms with Crippen molar-refractivity contribution in [2.75, 3.05) is 31.1 Å². The second-order valence-corrected chi connectivity index (χ2v) is 8.65. The van der Waals surface area contributed by atoms with Crippen LogP contribution in [0, 0.1) is 0 Å². The Morgan fingerprint density at radius 1 is 1.03 bits per heavy atom. The topological polar surface area (TPSA) is 98.4 Å². The molecule has 29 heavy (non-hydrogen) atoms. The van der Waals surface area contributed by atoms with Gasteiger partial charge >= 0.3 is 0 Å². The maximum atomic E-state index is 12.8. The summed E-state index contributed by atoms with van der Waals surface area (Å²) >= 11 is 0. The fourth-order valence-corrected chi connectivity index (χ4v) is 4.98. The fourth-order valence-electron chi connectivity index (χ4n) is 4.98. The van der Waals surface area contributed by atoms with Crippen LogP contribution in [0.2, 0.25) is 0 Å². The summed E-state index contributed by atoms with van der Waals surface area (Å²) < 4.78 is 0. The summed E-state index contributed by atoms with van der Waals surface area (Å²) in [4.78, 5) is 40.3. The molecule has 4 N–H and O–H groups in total. The minimum atomic E-state index is -0.554. The van der Waals surface area contributed by atoms with E-state index in [4.69, 9.17) is 0 Å². The highest BCUT2D eigenvalue weighted by molar-refractivity contribution is 6.05. The van der Waals surface area contributed by atoms with E-state index >= 15 is 0 Å². The molecule has 0 saturated carbocycles. The molecule has 8 heteroatoms. The number of hydrogen-bond donors (Lipinski definition) is 3. The maximum absolute atomic E-state index is 12.8. The van der Waals surface area contributed by atoms with Crippen LogP contribution in [-0.4, -0.2) is 66.9 Å². The van der Waals surface area contributed by atoms with Crippen LogP contribution in [0.4, 0.5) is 5.69 Å². The van der Waals surface area contributed by atoms with Crippen LogP contribution in [0.1, 0.15) is 41.6 Å². The van der Waals surface area contributed by atoms with Crippen LogP contribution in [0.5, 0.6) is 0 Å². The lowest BCUT2D eigenvalue weighted by molar-refractivity contribution is -0.663. The Bertz CT molecular complexity index is 845. The summed E-state index contributed by atoms with van der Waals surface area (Å²) in [6, 6.07) is 6.61. The number of nitrogens with one attached hydrogen (secondary N) is 2. The molecule has 3 saturated heterocycles. The molecule has 1 aromatic rings. The highest BCUT2D eigenvalue weighted by Gasteiger charge is 2.39. The highest BCUT2D eigenvalue weighted by Crippen LogP contribution is 2.32. The number of rotatable bonds is 4. The van der Waals surface area contributed by atoms with Gasteiger partial charge in [0.05, 0.1) is 13.1 Å². The summed E-state index contributed by atoms with van der Waals surface area (Å²) in [5.74, 6) is -0.733. The van der Waals surface area contributed by atoms with Gasteiger partial charge in [-0.3, -0.25) is 19.7 Å². The lowest BCUT2D eigenvalue weighted by Gasteiger charge is -2.43. The summed E-state index contributed by atoms with van der Waals surface area (Å²) in [5.41, 5.74) is 2.78. The van der Waals surface area contributed by atoms with Gasteiger partial charge in [-0.1, -0.05) is 0 Å². The van der Waals surface area contributed by atoms with Crippen molar-refractivity contribution in [3.8, 4) is 0 Å². The van der Waals surface area contributed by atoms with Crippen molar-refractivity contribution < 1.29 is 19.7 Å². The molecular weight excluding hydrogens is 370 g/mol. The molecular formula is C21H28N5O3+. The molecule has 154 valence electrons. The van der Waals surface area contributed by atoms with Crippen LogP contribution in [0.25, 0.3) is 0 Å². The first-order valence-electron chi connectivity index (χ1n) is 10.7. The molecule has 1 unspecified atom stereocenters. The van der Waals surface area contributed by atoms with Gasteiger partial charge in [0.2, 0.25) is 11.8 Å². The number of nitrogens with two attached hydrogens (primary N) is 1. The molecule has 0 bridgehead atoms. The van der Waals surface area contributed by atoms with Crippen molar-refractivity contribution in [1.82, 2.24) is 15.5 Å². The predicted octanol–water partition coefficient (Wildman–Crippen LogP) is -1.05. The zero-order chi connectivity index (χ0) is 20.0. The SMILES string of the molecule is O=C1CCC(N2Cc3cc(N4CC(NC5CC[NH2+]CC5)C4)ccc3C2=O)C(=O)N1. The monoisotopic (exact) mass is 398 g/mol. The first-order valence-corrected chi connectivity index (χ1v) is 10.7. The quantitative estimate of drug-likeness (QED) is 0.563. The van der Waals surface area contributed by atoms with Crippen molar-refractivity contribution in [2.24, 2.45) is 0 Å². The molecule has 5 rings (SSSR count). The van der Waals surface area contributed by atoms with Gasteiger partial charge in [0.25, 0.3) is 5.91 Å². The van der Waals surface area contributed by atoms with Gasteiger partial charge in [-0.05, 0) is 30.2 Å². The molecule has 4 heterocycles. The third kappa shape index (κ3) is 3.51. The molecule has 4 aliphatic heterocycles. The Kier molecular flexibility index (Phi) is 4.75. The fraction of sp³-hybridized carbons (Fsp3) is 0.571. The zero-order valence-corrected chi connectivity index (χ0v) is 16.5. The molecule has 3 amide bonds. The average Bonchev–Trinajstić information content (AvgIpc) is 3.01. The van der Waals surface area contributed by atoms with E-state index in [2.05, 4.69) is 26.9 Å². The van der Waals surface area contributed by atoms with Crippen LogP contribution in [0.15, 0.2) is 18.2 Å². The Morgan fingerprint density at radius 3 is 2.59 bits per heavy atom. The number of hydrogen-bond acceptors (Lipinski definition) is 5. The molecule has 4 aliphatic rings. The summed E-state index contributed by atoms with van der Waals surface area (Å²) in [5, 5.41) is 8.51. The molecule has 0 radical (unpaired) electrons. The van der Waals surface area contributed by atoms with Crippen molar-refractivity contribution in [1.29, 1.82) is 0 Å². The van der Waals surface area contributed by atoms with Gasteiger partial charge in [0.15, 0.2) is 0 Å². The van der Waals surface area contributed by atoms with E-state index in [0.717, 1.165) is 24.3 Å². The zero-order valence-electron chi connectivity index (χ0n) is 16.5. The van der Waals surface area contributed by atoms with E-state index < -0.39 is 6.04 Å². The minimum absolute atomic E-state index is 0.113. The van der Waals surface area contributed by atoms with E-state index in [1.54, 1.807) is 4.90 Å². The van der Waals surface area contributed by atoms with Gasteiger partial charge in [-0.25, -0.2) is 0 Å². The van der Waals surface area contributed by atoms with E-state index in [0.29, 0.717) is 30.6 Å². The lowest BCUT2D eigenvalue weighted by atomic mass is 10.0. The van der Waals surface area contributed by atoms with Crippen LogP contribution in [0.3, 0.4) is 0 Å². The van der Waals surface area contributed by atoms with Gasteiger partial charge in [-0.15, -0.1) is 0 Å². The summed E-state index contributed by atoms with van der Waals surface area (Å²) in [7, 11) is 0.